The molecule has 3 aromatic rings. The molecule has 170 valence electrons. The molecule has 33 heavy (non-hydrogen) atoms. The number of nitro benzene ring substituents is 1. The lowest BCUT2D eigenvalue weighted by Crippen LogP contribution is -2.17. The van der Waals surface area contributed by atoms with Crippen LogP contribution in [0.3, 0.4) is 0 Å². The fourth-order valence-electron chi connectivity index (χ4n) is 2.72. The van der Waals surface area contributed by atoms with Crippen LogP contribution in [0.25, 0.3) is 0 Å². The van der Waals surface area contributed by atoms with E-state index in [4.69, 9.17) is 0 Å². The minimum atomic E-state index is -4.51. The maximum absolute atomic E-state index is 13.0. The zero-order valence-corrected chi connectivity index (χ0v) is 17.4. The van der Waals surface area contributed by atoms with E-state index in [0.29, 0.717) is 0 Å². The molecule has 13 heteroatoms. The summed E-state index contributed by atoms with van der Waals surface area (Å²) in [5.41, 5.74) is 1.28. The van der Waals surface area contributed by atoms with Crippen LogP contribution in [0.4, 0.5) is 17.1 Å². The molecular weight excluding hydrogens is 456 g/mol. The van der Waals surface area contributed by atoms with Crippen molar-refractivity contribution in [1.82, 2.24) is 0 Å². The first-order valence-electron chi connectivity index (χ1n) is 9.04. The van der Waals surface area contributed by atoms with E-state index >= 15 is 0 Å². The van der Waals surface area contributed by atoms with E-state index in [1.165, 1.54) is 42.5 Å². The van der Waals surface area contributed by atoms with E-state index < -0.39 is 37.2 Å². The Morgan fingerprint density at radius 1 is 1.03 bits per heavy atom. The van der Waals surface area contributed by atoms with E-state index in [1.807, 2.05) is 0 Å². The molecule has 0 radical (unpaired) electrons. The highest BCUT2D eigenvalue weighted by atomic mass is 32.2. The number of rotatable bonds is 8. The van der Waals surface area contributed by atoms with Gasteiger partial charge in [-0.05, 0) is 30.3 Å². The van der Waals surface area contributed by atoms with Crippen LogP contribution in [0.15, 0.2) is 70.7 Å². The van der Waals surface area contributed by atoms with E-state index in [2.05, 4.69) is 15.2 Å². The second-order valence-electron chi connectivity index (χ2n) is 6.48. The Morgan fingerprint density at radius 2 is 1.76 bits per heavy atom. The average Bonchev–Trinajstić information content (AvgIpc) is 2.76. The number of aromatic carboxylic acids is 1. The third-order valence-electron chi connectivity index (χ3n) is 4.30. The van der Waals surface area contributed by atoms with Crippen molar-refractivity contribution in [3.63, 3.8) is 0 Å². The van der Waals surface area contributed by atoms with Gasteiger partial charge in [0.1, 0.15) is 4.90 Å². The summed E-state index contributed by atoms with van der Waals surface area (Å²) in [4.78, 5) is 21.2. The summed E-state index contributed by atoms with van der Waals surface area (Å²) in [6.07, 6.45) is 1.10. The van der Waals surface area contributed by atoms with Crippen LogP contribution in [-0.2, 0) is 10.0 Å². The Kier molecular flexibility index (Phi) is 6.44. The van der Waals surface area contributed by atoms with Crippen LogP contribution in [-0.4, -0.2) is 40.8 Å². The molecule has 0 aliphatic carbocycles. The van der Waals surface area contributed by atoms with E-state index in [-0.39, 0.29) is 28.3 Å². The molecule has 0 aromatic heterocycles. The van der Waals surface area contributed by atoms with Crippen molar-refractivity contribution in [1.29, 1.82) is 0 Å². The Hall–Kier alpha value is -4.65. The minimum absolute atomic E-state index is 0.113. The summed E-state index contributed by atoms with van der Waals surface area (Å²) in [7, 11) is -4.51. The molecule has 0 aliphatic heterocycles. The number of carboxylic acids is 1. The van der Waals surface area contributed by atoms with Crippen LogP contribution in [0.1, 0.15) is 15.9 Å². The van der Waals surface area contributed by atoms with Gasteiger partial charge in [0.15, 0.2) is 11.5 Å². The van der Waals surface area contributed by atoms with E-state index in [9.17, 15) is 38.6 Å². The molecule has 0 bridgehead atoms. The highest BCUT2D eigenvalue weighted by Gasteiger charge is 2.24. The minimum Gasteiger partial charge on any atom is -0.504 e. The predicted molar refractivity (Wildman–Crippen MR) is 118 cm³/mol. The van der Waals surface area contributed by atoms with Gasteiger partial charge in [-0.3, -0.25) is 20.3 Å². The number of phenolic OH excluding ortho intramolecular Hbond substituents is 2. The number of benzene rings is 3. The number of hydrogen-bond acceptors (Lipinski definition) is 9. The molecule has 0 atom stereocenters. The normalized spacial score (nSPS) is 11.3. The van der Waals surface area contributed by atoms with Crippen LogP contribution >= 0.6 is 0 Å². The summed E-state index contributed by atoms with van der Waals surface area (Å²) in [5.74, 6) is -2.22. The first-order valence-corrected chi connectivity index (χ1v) is 10.5. The average molecular weight is 472 g/mol. The standard InChI is InChI=1S/C20H16N4O8S/c25-17-7-3-4-12(19(17)26)11-21-22-16-9-8-13(24(29)30)10-18(16)33(31,32)23-15-6-2-1-5-14(15)20(27)28/h1-11,22-23,25-26H,(H,27,28). The second-order valence-corrected chi connectivity index (χ2v) is 8.13. The van der Waals surface area contributed by atoms with Crippen LogP contribution in [0.5, 0.6) is 11.5 Å². The number of nitro groups is 1. The first kappa shape index (κ1) is 23.0. The van der Waals surface area contributed by atoms with Gasteiger partial charge in [0.25, 0.3) is 15.7 Å². The summed E-state index contributed by atoms with van der Waals surface area (Å²) >= 11 is 0. The van der Waals surface area contributed by atoms with Crippen molar-refractivity contribution >= 4 is 39.3 Å². The summed E-state index contributed by atoms with van der Waals surface area (Å²) in [6.45, 7) is 0. The number of para-hydroxylation sites is 2. The van der Waals surface area contributed by atoms with Crippen molar-refractivity contribution in [2.75, 3.05) is 10.1 Å². The third-order valence-corrected chi connectivity index (χ3v) is 5.71. The monoisotopic (exact) mass is 472 g/mol. The molecule has 3 rings (SSSR count). The molecule has 0 fully saturated rings. The number of sulfonamides is 1. The zero-order valence-electron chi connectivity index (χ0n) is 16.5. The molecule has 0 heterocycles. The highest BCUT2D eigenvalue weighted by molar-refractivity contribution is 7.93. The summed E-state index contributed by atoms with van der Waals surface area (Å²) in [5, 5.41) is 43.6. The Morgan fingerprint density at radius 3 is 2.45 bits per heavy atom. The first-order chi connectivity index (χ1) is 15.6. The summed E-state index contributed by atoms with van der Waals surface area (Å²) in [6, 6.07) is 12.3. The number of non-ortho nitro benzene ring substituents is 1. The van der Waals surface area contributed by atoms with Gasteiger partial charge in [0, 0.05) is 17.7 Å². The SMILES string of the molecule is O=C(O)c1ccccc1NS(=O)(=O)c1cc([N+](=O)[O-])ccc1NN=Cc1cccc(O)c1O. The van der Waals surface area contributed by atoms with Gasteiger partial charge >= 0.3 is 5.97 Å². The van der Waals surface area contributed by atoms with Crippen molar-refractivity contribution in [2.45, 2.75) is 4.90 Å². The van der Waals surface area contributed by atoms with E-state index in [0.717, 1.165) is 24.4 Å². The van der Waals surface area contributed by atoms with Crippen molar-refractivity contribution in [2.24, 2.45) is 5.10 Å². The van der Waals surface area contributed by atoms with E-state index in [1.54, 1.807) is 0 Å². The van der Waals surface area contributed by atoms with Crippen molar-refractivity contribution < 1.29 is 33.5 Å². The lowest BCUT2D eigenvalue weighted by Gasteiger charge is -2.13. The zero-order chi connectivity index (χ0) is 24.2. The number of carboxylic acid groups (broad SMARTS) is 1. The summed E-state index contributed by atoms with van der Waals surface area (Å²) < 4.78 is 28.1. The number of phenols is 2. The number of aromatic hydroxyl groups is 2. The topological polar surface area (TPSA) is 191 Å². The quantitative estimate of drug-likeness (QED) is 0.142. The van der Waals surface area contributed by atoms with Gasteiger partial charge < -0.3 is 15.3 Å². The number of nitrogens with zero attached hydrogens (tertiary/aromatic N) is 2. The number of hydrazone groups is 1. The van der Waals surface area contributed by atoms with Gasteiger partial charge in [0.2, 0.25) is 0 Å². The molecular formula is C20H16N4O8S. The lowest BCUT2D eigenvalue weighted by molar-refractivity contribution is -0.385. The van der Waals surface area contributed by atoms with Crippen LogP contribution in [0.2, 0.25) is 0 Å². The van der Waals surface area contributed by atoms with Gasteiger partial charge in [-0.1, -0.05) is 18.2 Å². The molecule has 5 N–H and O–H groups in total. The molecule has 0 spiro atoms. The molecule has 0 aliphatic rings. The Labute approximate surface area is 186 Å². The van der Waals surface area contributed by atoms with Crippen LogP contribution in [0, 0.1) is 10.1 Å². The maximum atomic E-state index is 13.0. The second kappa shape index (κ2) is 9.23. The van der Waals surface area contributed by atoms with Gasteiger partial charge in [-0.25, -0.2) is 13.2 Å². The van der Waals surface area contributed by atoms with Gasteiger partial charge in [-0.2, -0.15) is 5.10 Å². The molecule has 0 unspecified atom stereocenters. The highest BCUT2D eigenvalue weighted by Crippen LogP contribution is 2.30. The fraction of sp³-hybridized carbons (Fsp3) is 0. The van der Waals surface area contributed by atoms with Gasteiger partial charge in [0.05, 0.1) is 28.1 Å². The number of carbonyl (C=O) groups is 1. The molecule has 0 amide bonds. The molecule has 0 saturated heterocycles. The van der Waals surface area contributed by atoms with Crippen LogP contribution < -0.4 is 10.1 Å². The molecule has 0 saturated carbocycles. The predicted octanol–water partition coefficient (Wildman–Crippen LogP) is 2.95. The Bertz CT molecular complexity index is 1370. The number of nitrogens with one attached hydrogen (secondary N) is 2. The maximum Gasteiger partial charge on any atom is 0.337 e. The molecule has 3 aromatic carbocycles. The Balaban J connectivity index is 2.00. The van der Waals surface area contributed by atoms with Crippen molar-refractivity contribution in [3.05, 3.63) is 81.9 Å². The third kappa shape index (κ3) is 5.16. The largest absolute Gasteiger partial charge is 0.504 e. The number of hydrogen-bond donors (Lipinski definition) is 5. The van der Waals surface area contributed by atoms with Gasteiger partial charge in [-0.15, -0.1) is 0 Å². The molecule has 12 nitrogen and oxygen atoms in total. The fourth-order valence-corrected chi connectivity index (χ4v) is 3.98. The smallest absolute Gasteiger partial charge is 0.337 e. The number of anilines is 2. The van der Waals surface area contributed by atoms with Crippen molar-refractivity contribution in [3.8, 4) is 11.5 Å². The lowest BCUT2D eigenvalue weighted by atomic mass is 10.2.